The molecular weight excluding hydrogens is 426 g/mol. The highest BCUT2D eigenvalue weighted by atomic mass is 35.5. The molecular formula is C19H20ClN7O4. The summed E-state index contributed by atoms with van der Waals surface area (Å²) in [5, 5.41) is 34.7. The molecule has 0 bridgehead atoms. The van der Waals surface area contributed by atoms with Crippen molar-refractivity contribution >= 4 is 29.4 Å². The van der Waals surface area contributed by atoms with E-state index in [2.05, 4.69) is 36.8 Å². The number of aliphatic hydroxyl groups excluding tert-OH is 1. The Balaban J connectivity index is 1.73. The molecule has 1 amide bonds. The maximum atomic E-state index is 12.6. The van der Waals surface area contributed by atoms with E-state index in [-0.39, 0.29) is 12.4 Å². The van der Waals surface area contributed by atoms with Gasteiger partial charge in [0.15, 0.2) is 0 Å². The van der Waals surface area contributed by atoms with Gasteiger partial charge in [-0.25, -0.2) is 0 Å². The van der Waals surface area contributed by atoms with Gasteiger partial charge >= 0.3 is 5.97 Å². The predicted octanol–water partition coefficient (Wildman–Crippen LogP) is 0.610. The van der Waals surface area contributed by atoms with Crippen molar-refractivity contribution in [1.29, 1.82) is 0 Å². The minimum Gasteiger partial charge on any atom is -0.480 e. The van der Waals surface area contributed by atoms with Crippen molar-refractivity contribution in [1.82, 2.24) is 31.4 Å². The summed E-state index contributed by atoms with van der Waals surface area (Å²) < 4.78 is 0. The highest BCUT2D eigenvalue weighted by Crippen LogP contribution is 2.23. The van der Waals surface area contributed by atoms with Gasteiger partial charge in [0, 0.05) is 5.02 Å². The van der Waals surface area contributed by atoms with Crippen LogP contribution in [-0.4, -0.2) is 61.4 Å². The Hall–Kier alpha value is -3.54. The largest absolute Gasteiger partial charge is 0.480 e. The normalized spacial score (nSPS) is 12.7. The maximum Gasteiger partial charge on any atom is 0.323 e. The molecule has 0 aliphatic carbocycles. The first kappa shape index (κ1) is 22.2. The average molecular weight is 446 g/mol. The summed E-state index contributed by atoms with van der Waals surface area (Å²) in [4.78, 5) is 23.9. The van der Waals surface area contributed by atoms with Crippen LogP contribution >= 0.6 is 11.6 Å². The lowest BCUT2D eigenvalue weighted by molar-refractivity contribution is -0.141. The minimum absolute atomic E-state index is 0.0370. The molecule has 3 rings (SSSR count). The molecule has 2 atom stereocenters. The number of halogens is 1. The second-order valence-electron chi connectivity index (χ2n) is 6.55. The molecule has 0 fully saturated rings. The van der Waals surface area contributed by atoms with Crippen LogP contribution in [-0.2, 0) is 16.0 Å². The zero-order chi connectivity index (χ0) is 22.2. The van der Waals surface area contributed by atoms with Gasteiger partial charge in [-0.15, -0.1) is 5.10 Å². The zero-order valence-corrected chi connectivity index (χ0v) is 16.9. The molecule has 31 heavy (non-hydrogen) atoms. The van der Waals surface area contributed by atoms with Gasteiger partial charge in [-0.3, -0.25) is 25.8 Å². The number of amides is 1. The van der Waals surface area contributed by atoms with Gasteiger partial charge in [-0.1, -0.05) is 53.1 Å². The van der Waals surface area contributed by atoms with Crippen molar-refractivity contribution in [2.45, 2.75) is 18.5 Å². The Kier molecular flexibility index (Phi) is 7.49. The minimum atomic E-state index is -1.31. The van der Waals surface area contributed by atoms with Crippen LogP contribution in [0.3, 0.4) is 0 Å². The van der Waals surface area contributed by atoms with Crippen LogP contribution in [0.15, 0.2) is 48.5 Å². The van der Waals surface area contributed by atoms with E-state index >= 15 is 0 Å². The molecule has 162 valence electrons. The molecule has 0 saturated heterocycles. The van der Waals surface area contributed by atoms with Gasteiger partial charge in [0.25, 0.3) is 11.9 Å². The van der Waals surface area contributed by atoms with Crippen LogP contribution in [0.5, 0.6) is 0 Å². The number of hydrazine groups is 1. The smallest absolute Gasteiger partial charge is 0.323 e. The molecule has 2 aromatic carbocycles. The fraction of sp³-hybridized carbons (Fsp3) is 0.211. The van der Waals surface area contributed by atoms with Crippen molar-refractivity contribution in [3.8, 4) is 11.1 Å². The molecule has 3 aromatic rings. The lowest BCUT2D eigenvalue weighted by Gasteiger charge is -2.22. The van der Waals surface area contributed by atoms with Crippen LogP contribution in [0, 0.1) is 0 Å². The Morgan fingerprint density at radius 3 is 2.48 bits per heavy atom. The molecule has 1 heterocycles. The Labute approximate surface area is 181 Å². The second kappa shape index (κ2) is 10.5. The van der Waals surface area contributed by atoms with Crippen molar-refractivity contribution in [3.63, 3.8) is 0 Å². The predicted molar refractivity (Wildman–Crippen MR) is 112 cm³/mol. The lowest BCUT2D eigenvalue weighted by atomic mass is 10.00. The number of rotatable bonds is 10. The average Bonchev–Trinajstić information content (AvgIpc) is 3.29. The van der Waals surface area contributed by atoms with E-state index in [1.165, 1.54) is 0 Å². The number of aliphatic carboxylic acids is 1. The summed E-state index contributed by atoms with van der Waals surface area (Å²) in [6, 6.07) is 12.6. The molecule has 11 nitrogen and oxygen atoms in total. The fourth-order valence-corrected chi connectivity index (χ4v) is 3.02. The fourth-order valence-electron chi connectivity index (χ4n) is 2.83. The number of hydrogen-bond acceptors (Lipinski definition) is 8. The molecule has 0 spiro atoms. The van der Waals surface area contributed by atoms with Crippen LogP contribution in [0.2, 0.25) is 5.02 Å². The molecule has 0 aliphatic heterocycles. The summed E-state index contributed by atoms with van der Waals surface area (Å²) in [5.41, 5.74) is 7.53. The number of carbonyl (C=O) groups excluding carboxylic acids is 1. The third-order valence-electron chi connectivity index (χ3n) is 4.39. The van der Waals surface area contributed by atoms with Crippen molar-refractivity contribution in [2.24, 2.45) is 0 Å². The number of aliphatic hydroxyl groups is 1. The van der Waals surface area contributed by atoms with Crippen LogP contribution in [0.1, 0.15) is 5.56 Å². The summed E-state index contributed by atoms with van der Waals surface area (Å²) in [5.74, 6) is -1.80. The summed E-state index contributed by atoms with van der Waals surface area (Å²) in [6.07, 6.45) is 0.166. The maximum absolute atomic E-state index is 12.6. The SMILES string of the molecule is O=C(O)[C@H](CO)N[C@@H](Cc1ccc(-c2cccc(Cl)c2)cc1)C(=O)NNc1nn[nH]n1. The van der Waals surface area contributed by atoms with Crippen LogP contribution in [0.4, 0.5) is 5.95 Å². The summed E-state index contributed by atoms with van der Waals surface area (Å²) >= 11 is 6.04. The van der Waals surface area contributed by atoms with E-state index < -0.39 is 30.6 Å². The Morgan fingerprint density at radius 2 is 1.87 bits per heavy atom. The van der Waals surface area contributed by atoms with Gasteiger partial charge < -0.3 is 10.2 Å². The number of aromatic nitrogens is 4. The van der Waals surface area contributed by atoms with Gasteiger partial charge in [0.2, 0.25) is 0 Å². The van der Waals surface area contributed by atoms with E-state index in [1.54, 1.807) is 6.07 Å². The van der Waals surface area contributed by atoms with Gasteiger partial charge in [0.1, 0.15) is 6.04 Å². The van der Waals surface area contributed by atoms with Crippen molar-refractivity contribution in [2.75, 3.05) is 12.0 Å². The summed E-state index contributed by atoms with van der Waals surface area (Å²) in [7, 11) is 0. The first-order valence-corrected chi connectivity index (χ1v) is 9.58. The number of aromatic amines is 1. The Bertz CT molecular complexity index is 1010. The highest BCUT2D eigenvalue weighted by Gasteiger charge is 2.26. The third-order valence-corrected chi connectivity index (χ3v) is 4.63. The highest BCUT2D eigenvalue weighted by molar-refractivity contribution is 6.30. The molecule has 0 unspecified atom stereocenters. The standard InChI is InChI=1S/C19H20ClN7O4/c20-14-3-1-2-13(9-14)12-6-4-11(5-7-12)8-15(21-16(10-28)18(30)31)17(29)22-23-19-24-26-27-25-19/h1-7,9,15-16,21,28H,8,10H2,(H,22,29)(H,30,31)(H2,23,24,25,26,27)/t15-,16-/m0/s1. The number of H-pyrrole nitrogens is 1. The molecule has 0 radical (unpaired) electrons. The van der Waals surface area contributed by atoms with Crippen molar-refractivity contribution < 1.29 is 19.8 Å². The molecule has 12 heteroatoms. The summed E-state index contributed by atoms with van der Waals surface area (Å²) in [6.45, 7) is -0.676. The zero-order valence-electron chi connectivity index (χ0n) is 16.1. The molecule has 0 saturated carbocycles. The molecule has 0 aliphatic rings. The third kappa shape index (κ3) is 6.22. The van der Waals surface area contributed by atoms with E-state index in [9.17, 15) is 19.8 Å². The van der Waals surface area contributed by atoms with Gasteiger partial charge in [-0.05, 0) is 40.5 Å². The number of hydrogen-bond donors (Lipinski definition) is 6. The number of benzene rings is 2. The number of carbonyl (C=O) groups is 2. The topological polar surface area (TPSA) is 165 Å². The van der Waals surface area contributed by atoms with Gasteiger partial charge in [0.05, 0.1) is 12.6 Å². The van der Waals surface area contributed by atoms with Crippen LogP contribution in [0.25, 0.3) is 11.1 Å². The Morgan fingerprint density at radius 1 is 1.10 bits per heavy atom. The number of carboxylic acid groups (broad SMARTS) is 1. The monoisotopic (exact) mass is 445 g/mol. The molecule has 1 aromatic heterocycles. The van der Waals surface area contributed by atoms with E-state index in [1.807, 2.05) is 42.5 Å². The number of tetrazole rings is 1. The quantitative estimate of drug-likeness (QED) is 0.245. The van der Waals surface area contributed by atoms with Gasteiger partial charge in [-0.2, -0.15) is 5.21 Å². The van der Waals surface area contributed by atoms with E-state index in [0.717, 1.165) is 16.7 Å². The van der Waals surface area contributed by atoms with E-state index in [0.29, 0.717) is 5.02 Å². The number of carboxylic acids is 1. The number of nitrogens with zero attached hydrogens (tertiary/aromatic N) is 3. The molecule has 6 N–H and O–H groups in total. The lowest BCUT2D eigenvalue weighted by Crippen LogP contribution is -2.54. The second-order valence-corrected chi connectivity index (χ2v) is 6.99. The van der Waals surface area contributed by atoms with Crippen molar-refractivity contribution in [3.05, 3.63) is 59.1 Å². The first-order valence-electron chi connectivity index (χ1n) is 9.20. The first-order chi connectivity index (χ1) is 15.0. The van der Waals surface area contributed by atoms with Crippen LogP contribution < -0.4 is 16.2 Å². The number of nitrogens with one attached hydrogen (secondary N) is 4. The number of anilines is 1. The van der Waals surface area contributed by atoms with E-state index in [4.69, 9.17) is 11.6 Å².